The van der Waals surface area contributed by atoms with Gasteiger partial charge >= 0.3 is 0 Å². The molecule has 0 fully saturated rings. The van der Waals surface area contributed by atoms with E-state index in [2.05, 4.69) is 12.6 Å². The second-order valence-corrected chi connectivity index (χ2v) is 3.70. The molecule has 0 radical (unpaired) electrons. The third-order valence-electron chi connectivity index (χ3n) is 2.29. The van der Waals surface area contributed by atoms with Gasteiger partial charge in [0.15, 0.2) is 0 Å². The van der Waals surface area contributed by atoms with E-state index in [0.29, 0.717) is 0 Å². The Balaban J connectivity index is 2.28. The van der Waals surface area contributed by atoms with Crippen LogP contribution in [0.25, 0.3) is 6.08 Å². The van der Waals surface area contributed by atoms with E-state index in [1.165, 1.54) is 5.56 Å². The van der Waals surface area contributed by atoms with E-state index in [1.807, 2.05) is 55.5 Å². The zero-order valence-corrected chi connectivity index (χ0v) is 9.31. The lowest BCUT2D eigenvalue weighted by atomic mass is 10.1. The minimum Gasteiger partial charge on any atom is -0.457 e. The number of para-hydroxylation sites is 1. The highest BCUT2D eigenvalue weighted by atomic mass is 16.5. The molecular formula is C15H14O. The molecule has 0 aliphatic rings. The van der Waals surface area contributed by atoms with Crippen LogP contribution in [0.5, 0.6) is 11.5 Å². The van der Waals surface area contributed by atoms with Crippen LogP contribution in [0.15, 0.2) is 55.1 Å². The van der Waals surface area contributed by atoms with Crippen molar-refractivity contribution in [1.29, 1.82) is 0 Å². The summed E-state index contributed by atoms with van der Waals surface area (Å²) in [7, 11) is 0. The predicted molar refractivity (Wildman–Crippen MR) is 67.8 cm³/mol. The normalized spacial score (nSPS) is 9.81. The molecule has 80 valence electrons. The summed E-state index contributed by atoms with van der Waals surface area (Å²) in [5.41, 5.74) is 2.24. The van der Waals surface area contributed by atoms with Crippen molar-refractivity contribution in [1.82, 2.24) is 0 Å². The Morgan fingerprint density at radius 1 is 1.00 bits per heavy atom. The topological polar surface area (TPSA) is 9.23 Å². The maximum atomic E-state index is 5.75. The van der Waals surface area contributed by atoms with Crippen molar-refractivity contribution in [3.05, 3.63) is 66.2 Å². The molecule has 0 unspecified atom stereocenters. The Morgan fingerprint density at radius 3 is 2.44 bits per heavy atom. The maximum absolute atomic E-state index is 5.75. The minimum atomic E-state index is 0.848. The Bertz CT molecular complexity index is 486. The van der Waals surface area contributed by atoms with Crippen molar-refractivity contribution in [2.75, 3.05) is 0 Å². The van der Waals surface area contributed by atoms with E-state index in [-0.39, 0.29) is 0 Å². The second kappa shape index (κ2) is 4.67. The average Bonchev–Trinajstić information content (AvgIpc) is 2.29. The van der Waals surface area contributed by atoms with Gasteiger partial charge in [0.05, 0.1) is 0 Å². The Hall–Kier alpha value is -2.02. The van der Waals surface area contributed by atoms with Crippen molar-refractivity contribution in [2.24, 2.45) is 0 Å². The van der Waals surface area contributed by atoms with E-state index >= 15 is 0 Å². The predicted octanol–water partition coefficient (Wildman–Crippen LogP) is 4.43. The number of hydrogen-bond donors (Lipinski definition) is 0. The molecule has 0 aromatic heterocycles. The van der Waals surface area contributed by atoms with Crippen molar-refractivity contribution in [3.63, 3.8) is 0 Å². The van der Waals surface area contributed by atoms with Crippen LogP contribution in [0, 0.1) is 6.92 Å². The first-order chi connectivity index (χ1) is 7.78. The monoisotopic (exact) mass is 210 g/mol. The number of benzene rings is 2. The zero-order valence-electron chi connectivity index (χ0n) is 9.31. The summed E-state index contributed by atoms with van der Waals surface area (Å²) >= 11 is 0. The molecule has 0 saturated carbocycles. The highest BCUT2D eigenvalue weighted by Gasteiger charge is 1.98. The lowest BCUT2D eigenvalue weighted by Crippen LogP contribution is -1.86. The number of rotatable bonds is 3. The Morgan fingerprint density at radius 2 is 1.75 bits per heavy atom. The van der Waals surface area contributed by atoms with Crippen LogP contribution in [0.3, 0.4) is 0 Å². The van der Waals surface area contributed by atoms with Gasteiger partial charge in [-0.2, -0.15) is 0 Å². The zero-order chi connectivity index (χ0) is 11.4. The summed E-state index contributed by atoms with van der Waals surface area (Å²) in [5, 5.41) is 0. The van der Waals surface area contributed by atoms with Gasteiger partial charge in [-0.25, -0.2) is 0 Å². The molecule has 0 bridgehead atoms. The van der Waals surface area contributed by atoms with Crippen LogP contribution in [0.2, 0.25) is 0 Å². The van der Waals surface area contributed by atoms with Gasteiger partial charge in [0.2, 0.25) is 0 Å². The minimum absolute atomic E-state index is 0.848. The van der Waals surface area contributed by atoms with Crippen LogP contribution in [-0.2, 0) is 0 Å². The van der Waals surface area contributed by atoms with Gasteiger partial charge in [0.25, 0.3) is 0 Å². The first-order valence-electron chi connectivity index (χ1n) is 5.25. The van der Waals surface area contributed by atoms with Crippen molar-refractivity contribution < 1.29 is 4.74 Å². The fraction of sp³-hybridized carbons (Fsp3) is 0.0667. The second-order valence-electron chi connectivity index (χ2n) is 3.70. The standard InChI is InChI=1S/C15H14O/c1-3-13-9-12(2)10-15(11-13)16-14-7-5-4-6-8-14/h3-11H,1H2,2H3. The SMILES string of the molecule is C=Cc1cc(C)cc(Oc2ccccc2)c1. The van der Waals surface area contributed by atoms with Gasteiger partial charge in [-0.05, 0) is 42.3 Å². The molecule has 2 aromatic carbocycles. The molecule has 0 aliphatic carbocycles. The van der Waals surface area contributed by atoms with Gasteiger partial charge in [0, 0.05) is 0 Å². The summed E-state index contributed by atoms with van der Waals surface area (Å²) in [4.78, 5) is 0. The van der Waals surface area contributed by atoms with E-state index in [9.17, 15) is 0 Å². The molecule has 2 rings (SSSR count). The molecule has 0 aliphatic heterocycles. The molecule has 1 nitrogen and oxygen atoms in total. The lowest BCUT2D eigenvalue weighted by Gasteiger charge is -2.07. The van der Waals surface area contributed by atoms with Crippen LogP contribution in [0.1, 0.15) is 11.1 Å². The third kappa shape index (κ3) is 2.51. The van der Waals surface area contributed by atoms with E-state index in [4.69, 9.17) is 4.74 Å². The molecule has 1 heteroatoms. The van der Waals surface area contributed by atoms with Crippen LogP contribution < -0.4 is 4.74 Å². The largest absolute Gasteiger partial charge is 0.457 e. The third-order valence-corrected chi connectivity index (χ3v) is 2.29. The highest BCUT2D eigenvalue weighted by molar-refractivity contribution is 5.52. The molecule has 0 saturated heterocycles. The van der Waals surface area contributed by atoms with Gasteiger partial charge in [0.1, 0.15) is 11.5 Å². The first-order valence-corrected chi connectivity index (χ1v) is 5.25. The van der Waals surface area contributed by atoms with Gasteiger partial charge in [-0.15, -0.1) is 0 Å². The molecule has 0 amide bonds. The number of ether oxygens (including phenoxy) is 1. The van der Waals surface area contributed by atoms with Gasteiger partial charge in [-0.1, -0.05) is 36.9 Å². The number of aryl methyl sites for hydroxylation is 1. The van der Waals surface area contributed by atoms with Crippen LogP contribution in [-0.4, -0.2) is 0 Å². The van der Waals surface area contributed by atoms with Crippen molar-refractivity contribution >= 4 is 6.08 Å². The smallest absolute Gasteiger partial charge is 0.128 e. The van der Waals surface area contributed by atoms with Crippen LogP contribution >= 0.6 is 0 Å². The number of hydrogen-bond acceptors (Lipinski definition) is 1. The van der Waals surface area contributed by atoms with Gasteiger partial charge in [-0.3, -0.25) is 0 Å². The van der Waals surface area contributed by atoms with E-state index < -0.39 is 0 Å². The average molecular weight is 210 g/mol. The Kier molecular flexibility index (Phi) is 3.06. The van der Waals surface area contributed by atoms with Crippen molar-refractivity contribution in [3.8, 4) is 11.5 Å². The van der Waals surface area contributed by atoms with E-state index in [1.54, 1.807) is 0 Å². The Labute approximate surface area is 96.0 Å². The molecule has 2 aromatic rings. The van der Waals surface area contributed by atoms with Crippen molar-refractivity contribution in [2.45, 2.75) is 6.92 Å². The summed E-state index contributed by atoms with van der Waals surface area (Å²) in [5.74, 6) is 1.70. The summed E-state index contributed by atoms with van der Waals surface area (Å²) in [6.07, 6.45) is 1.82. The molecular weight excluding hydrogens is 196 g/mol. The van der Waals surface area contributed by atoms with Gasteiger partial charge < -0.3 is 4.74 Å². The summed E-state index contributed by atoms with van der Waals surface area (Å²) < 4.78 is 5.75. The molecule has 0 heterocycles. The summed E-state index contributed by atoms with van der Waals surface area (Å²) in [6.45, 7) is 5.81. The van der Waals surface area contributed by atoms with E-state index in [0.717, 1.165) is 17.1 Å². The summed E-state index contributed by atoms with van der Waals surface area (Å²) in [6, 6.07) is 15.8. The fourth-order valence-electron chi connectivity index (χ4n) is 1.58. The van der Waals surface area contributed by atoms with Crippen LogP contribution in [0.4, 0.5) is 0 Å². The maximum Gasteiger partial charge on any atom is 0.128 e. The molecule has 0 atom stereocenters. The molecule has 0 spiro atoms. The first kappa shape index (κ1) is 10.5. The lowest BCUT2D eigenvalue weighted by molar-refractivity contribution is 0.482. The molecule has 16 heavy (non-hydrogen) atoms. The fourth-order valence-corrected chi connectivity index (χ4v) is 1.58. The molecule has 0 N–H and O–H groups in total. The quantitative estimate of drug-likeness (QED) is 0.728. The highest BCUT2D eigenvalue weighted by Crippen LogP contribution is 2.23.